The van der Waals surface area contributed by atoms with Gasteiger partial charge in [-0.15, -0.1) is 6.58 Å². The molecule has 0 N–H and O–H groups in total. The topological polar surface area (TPSA) is 74.5 Å². The van der Waals surface area contributed by atoms with Gasteiger partial charge in [0, 0.05) is 0 Å². The van der Waals surface area contributed by atoms with Crippen molar-refractivity contribution in [3.63, 3.8) is 0 Å². The van der Waals surface area contributed by atoms with Crippen LogP contribution in [0.25, 0.3) is 0 Å². The summed E-state index contributed by atoms with van der Waals surface area (Å²) >= 11 is 0. The molecule has 0 aromatic heterocycles. The third-order valence-corrected chi connectivity index (χ3v) is 3.19. The van der Waals surface area contributed by atoms with Crippen LogP contribution in [0, 0.1) is 0 Å². The van der Waals surface area contributed by atoms with E-state index < -0.39 is 5.97 Å². The van der Waals surface area contributed by atoms with E-state index in [0.717, 1.165) is 0 Å². The van der Waals surface area contributed by atoms with E-state index in [1.807, 2.05) is 0 Å². The SMILES string of the molecule is C=CCOCC(OCC1CO1)(OCC1CO1)OCC1CO1. The van der Waals surface area contributed by atoms with Crippen molar-refractivity contribution in [1.82, 2.24) is 0 Å². The summed E-state index contributed by atoms with van der Waals surface area (Å²) in [6.07, 6.45) is 2.02. The van der Waals surface area contributed by atoms with Crippen LogP contribution >= 0.6 is 0 Å². The van der Waals surface area contributed by atoms with E-state index in [4.69, 9.17) is 33.2 Å². The molecule has 3 rings (SSSR count). The average Bonchev–Trinajstić information content (AvgIpc) is 3.37. The highest BCUT2D eigenvalue weighted by atomic mass is 16.9. The molecule has 0 saturated carbocycles. The van der Waals surface area contributed by atoms with E-state index in [1.165, 1.54) is 0 Å². The lowest BCUT2D eigenvalue weighted by Crippen LogP contribution is -2.46. The molecule has 3 aliphatic heterocycles. The molecule has 3 atom stereocenters. The van der Waals surface area contributed by atoms with Gasteiger partial charge in [0.15, 0.2) is 0 Å². The van der Waals surface area contributed by atoms with Gasteiger partial charge < -0.3 is 33.2 Å². The van der Waals surface area contributed by atoms with Gasteiger partial charge in [0.25, 0.3) is 0 Å². The van der Waals surface area contributed by atoms with Crippen LogP contribution in [0.2, 0.25) is 0 Å². The summed E-state index contributed by atoms with van der Waals surface area (Å²) in [7, 11) is 0. The number of rotatable bonds is 13. The van der Waals surface area contributed by atoms with Gasteiger partial charge in [-0.05, 0) is 0 Å². The minimum atomic E-state index is -1.24. The Kier molecular flexibility index (Phi) is 5.23. The molecule has 3 unspecified atom stereocenters. The minimum Gasteiger partial charge on any atom is -0.371 e. The molecule has 0 aromatic carbocycles. The van der Waals surface area contributed by atoms with Crippen LogP contribution in [0.3, 0.4) is 0 Å². The van der Waals surface area contributed by atoms with Crippen LogP contribution < -0.4 is 0 Å². The lowest BCUT2D eigenvalue weighted by Gasteiger charge is -2.32. The fraction of sp³-hybridized carbons (Fsp3) is 0.857. The Balaban J connectivity index is 1.53. The van der Waals surface area contributed by atoms with Crippen molar-refractivity contribution in [3.8, 4) is 0 Å². The van der Waals surface area contributed by atoms with Gasteiger partial charge in [-0.25, -0.2) is 0 Å². The molecule has 0 aromatic rings. The summed E-state index contributed by atoms with van der Waals surface area (Å²) in [6.45, 7) is 7.55. The largest absolute Gasteiger partial charge is 0.371 e. The normalized spacial score (nSPS) is 32.5. The Morgan fingerprint density at radius 1 is 0.905 bits per heavy atom. The molecule has 3 saturated heterocycles. The smallest absolute Gasteiger partial charge is 0.308 e. The summed E-state index contributed by atoms with van der Waals surface area (Å²) in [5.41, 5.74) is 0. The zero-order valence-electron chi connectivity index (χ0n) is 12.0. The molecule has 0 spiro atoms. The molecule has 0 aliphatic carbocycles. The lowest BCUT2D eigenvalue weighted by atomic mass is 10.4. The first-order chi connectivity index (χ1) is 10.3. The predicted molar refractivity (Wildman–Crippen MR) is 70.8 cm³/mol. The van der Waals surface area contributed by atoms with Crippen molar-refractivity contribution >= 4 is 0 Å². The number of hydrogen-bond acceptors (Lipinski definition) is 7. The predicted octanol–water partition coefficient (Wildman–Crippen LogP) is 0.0890. The minimum absolute atomic E-state index is 0.116. The van der Waals surface area contributed by atoms with Crippen LogP contribution in [-0.4, -0.2) is 77.1 Å². The molecule has 0 radical (unpaired) electrons. The number of hydrogen-bond donors (Lipinski definition) is 0. The molecule has 120 valence electrons. The van der Waals surface area contributed by atoms with Crippen LogP contribution in [0.5, 0.6) is 0 Å². The Morgan fingerprint density at radius 3 is 1.67 bits per heavy atom. The van der Waals surface area contributed by atoms with Crippen molar-refractivity contribution in [2.75, 3.05) is 52.9 Å². The quantitative estimate of drug-likeness (QED) is 0.206. The third kappa shape index (κ3) is 5.63. The maximum Gasteiger partial charge on any atom is 0.308 e. The van der Waals surface area contributed by atoms with Crippen molar-refractivity contribution < 1.29 is 33.2 Å². The highest BCUT2D eigenvalue weighted by molar-refractivity contribution is 4.75. The first-order valence-corrected chi connectivity index (χ1v) is 7.25. The van der Waals surface area contributed by atoms with Gasteiger partial charge in [0.1, 0.15) is 24.9 Å². The maximum atomic E-state index is 5.82. The molecule has 0 bridgehead atoms. The molecule has 3 fully saturated rings. The van der Waals surface area contributed by atoms with Crippen LogP contribution in [-0.2, 0) is 33.2 Å². The van der Waals surface area contributed by atoms with Gasteiger partial charge in [0.05, 0.1) is 46.2 Å². The van der Waals surface area contributed by atoms with Crippen molar-refractivity contribution in [1.29, 1.82) is 0 Å². The number of epoxide rings is 3. The summed E-state index contributed by atoms with van der Waals surface area (Å²) in [4.78, 5) is 0. The number of ether oxygens (including phenoxy) is 7. The van der Waals surface area contributed by atoms with E-state index in [2.05, 4.69) is 6.58 Å². The molecule has 7 nitrogen and oxygen atoms in total. The molecular weight excluding hydrogens is 280 g/mol. The van der Waals surface area contributed by atoms with Crippen LogP contribution in [0.1, 0.15) is 0 Å². The Hall–Kier alpha value is -0.540. The summed E-state index contributed by atoms with van der Waals surface area (Å²) in [5.74, 6) is -1.24. The molecule has 3 heterocycles. The second kappa shape index (κ2) is 7.15. The monoisotopic (exact) mass is 302 g/mol. The van der Waals surface area contributed by atoms with Gasteiger partial charge >= 0.3 is 5.97 Å². The second-order valence-electron chi connectivity index (χ2n) is 5.29. The molecular formula is C14H22O7. The van der Waals surface area contributed by atoms with Gasteiger partial charge in [0.2, 0.25) is 0 Å². The van der Waals surface area contributed by atoms with E-state index in [-0.39, 0.29) is 24.9 Å². The summed E-state index contributed by atoms with van der Waals surface area (Å²) in [6, 6.07) is 0. The van der Waals surface area contributed by atoms with Crippen molar-refractivity contribution in [2.45, 2.75) is 24.3 Å². The van der Waals surface area contributed by atoms with E-state index in [1.54, 1.807) is 6.08 Å². The zero-order chi connectivity index (χ0) is 14.5. The van der Waals surface area contributed by atoms with Crippen LogP contribution in [0.4, 0.5) is 0 Å². The van der Waals surface area contributed by atoms with Gasteiger partial charge in [-0.3, -0.25) is 0 Å². The molecule has 3 aliphatic rings. The first kappa shape index (κ1) is 15.4. The fourth-order valence-corrected chi connectivity index (χ4v) is 1.67. The highest BCUT2D eigenvalue weighted by Crippen LogP contribution is 2.24. The Bertz CT molecular complexity index is 295. The average molecular weight is 302 g/mol. The van der Waals surface area contributed by atoms with E-state index in [0.29, 0.717) is 46.2 Å². The lowest BCUT2D eigenvalue weighted by molar-refractivity contribution is -0.396. The molecule has 21 heavy (non-hydrogen) atoms. The summed E-state index contributed by atoms with van der Waals surface area (Å²) in [5, 5.41) is 0. The fourth-order valence-electron chi connectivity index (χ4n) is 1.67. The standard InChI is InChI=1S/C14H22O7/c1-2-3-15-10-14(19-7-11-4-16-11,20-8-12-5-17-12)21-9-13-6-18-13/h2,11-13H,1,3-10H2. The van der Waals surface area contributed by atoms with E-state index in [9.17, 15) is 0 Å². The third-order valence-electron chi connectivity index (χ3n) is 3.19. The highest BCUT2D eigenvalue weighted by Gasteiger charge is 2.41. The van der Waals surface area contributed by atoms with Crippen LogP contribution in [0.15, 0.2) is 12.7 Å². The maximum absolute atomic E-state index is 5.82. The van der Waals surface area contributed by atoms with Gasteiger partial charge in [-0.1, -0.05) is 6.08 Å². The second-order valence-corrected chi connectivity index (χ2v) is 5.29. The first-order valence-electron chi connectivity index (χ1n) is 7.25. The Morgan fingerprint density at radius 2 is 1.33 bits per heavy atom. The van der Waals surface area contributed by atoms with Crippen molar-refractivity contribution in [3.05, 3.63) is 12.7 Å². The molecule has 0 amide bonds. The molecule has 7 heteroatoms. The Labute approximate surface area is 124 Å². The van der Waals surface area contributed by atoms with Gasteiger partial charge in [-0.2, -0.15) is 0 Å². The van der Waals surface area contributed by atoms with E-state index >= 15 is 0 Å². The van der Waals surface area contributed by atoms with Crippen molar-refractivity contribution in [2.24, 2.45) is 0 Å². The summed E-state index contributed by atoms with van der Waals surface area (Å²) < 4.78 is 38.4. The zero-order valence-corrected chi connectivity index (χ0v) is 12.0.